The molecule has 1 saturated heterocycles. The van der Waals surface area contributed by atoms with E-state index in [1.165, 1.54) is 5.69 Å². The summed E-state index contributed by atoms with van der Waals surface area (Å²) in [6, 6.07) is 15.9. The summed E-state index contributed by atoms with van der Waals surface area (Å²) in [6.45, 7) is 3.81. The Kier molecular flexibility index (Phi) is 6.06. The van der Waals surface area contributed by atoms with E-state index < -0.39 is 6.04 Å². The molecule has 0 amide bonds. The van der Waals surface area contributed by atoms with Crippen LogP contribution < -0.4 is 21.3 Å². The largest absolute Gasteiger partial charge is 0.378 e. The van der Waals surface area contributed by atoms with Crippen LogP contribution in [0.1, 0.15) is 22.7 Å². The van der Waals surface area contributed by atoms with Gasteiger partial charge < -0.3 is 30.8 Å². The average molecular weight is 442 g/mol. The summed E-state index contributed by atoms with van der Waals surface area (Å²) in [7, 11) is 0. The van der Waals surface area contributed by atoms with Gasteiger partial charge >= 0.3 is 0 Å². The van der Waals surface area contributed by atoms with Gasteiger partial charge in [-0.3, -0.25) is 0 Å². The first-order valence-electron chi connectivity index (χ1n) is 11.2. The van der Waals surface area contributed by atoms with Crippen molar-refractivity contribution >= 4 is 29.6 Å². The highest BCUT2D eigenvalue weighted by atomic mass is 16.5. The third-order valence-electron chi connectivity index (χ3n) is 6.14. The number of hydrogen-bond donors (Lipinski definition) is 3. The second kappa shape index (κ2) is 9.44. The lowest BCUT2D eigenvalue weighted by Gasteiger charge is -2.29. The minimum Gasteiger partial charge on any atom is -0.378 e. The molecule has 0 aliphatic carbocycles. The van der Waals surface area contributed by atoms with Crippen molar-refractivity contribution in [3.63, 3.8) is 0 Å². The number of fused-ring (bicyclic) bond motifs is 1. The fourth-order valence-corrected chi connectivity index (χ4v) is 4.32. The van der Waals surface area contributed by atoms with Crippen LogP contribution >= 0.6 is 0 Å². The van der Waals surface area contributed by atoms with Crippen LogP contribution in [-0.4, -0.2) is 37.6 Å². The fourth-order valence-electron chi connectivity index (χ4n) is 4.32. The summed E-state index contributed by atoms with van der Waals surface area (Å²) in [5, 5.41) is 6.56. The van der Waals surface area contributed by atoms with Gasteiger partial charge in [0.05, 0.1) is 13.2 Å². The molecule has 2 aliphatic rings. The maximum atomic E-state index is 11.9. The first-order chi connectivity index (χ1) is 16.3. The second-order valence-electron chi connectivity index (χ2n) is 8.13. The lowest BCUT2D eigenvalue weighted by atomic mass is 9.91. The van der Waals surface area contributed by atoms with E-state index in [4.69, 9.17) is 15.5 Å². The molecule has 0 saturated carbocycles. The third-order valence-corrected chi connectivity index (χ3v) is 6.14. The molecule has 1 unspecified atom stereocenters. The third kappa shape index (κ3) is 4.33. The Morgan fingerprint density at radius 3 is 2.58 bits per heavy atom. The predicted molar refractivity (Wildman–Crippen MR) is 131 cm³/mol. The fraction of sp³-hybridized carbons (Fsp3) is 0.231. The van der Waals surface area contributed by atoms with E-state index in [9.17, 15) is 4.79 Å². The number of hydrogen-bond acceptors (Lipinski definition) is 7. The monoisotopic (exact) mass is 441 g/mol. The number of carbonyl (C=O) groups is 1. The van der Waals surface area contributed by atoms with Crippen LogP contribution in [0, 0.1) is 0 Å². The lowest BCUT2D eigenvalue weighted by molar-refractivity contribution is -0.109. The summed E-state index contributed by atoms with van der Waals surface area (Å²) >= 11 is 0. The van der Waals surface area contributed by atoms with E-state index in [1.807, 2.05) is 54.9 Å². The zero-order valence-electron chi connectivity index (χ0n) is 18.3. The highest BCUT2D eigenvalue weighted by Gasteiger charge is 2.24. The number of morpholine rings is 1. The molecular weight excluding hydrogens is 414 g/mol. The first-order valence-corrected chi connectivity index (χ1v) is 11.2. The van der Waals surface area contributed by atoms with Crippen LogP contribution in [0.25, 0.3) is 17.2 Å². The number of carbonyl (C=O) groups excluding carboxylic acids is 1. The number of benzene rings is 2. The minimum absolute atomic E-state index is 0.476. The predicted octanol–water partition coefficient (Wildman–Crippen LogP) is 3.60. The number of nitrogens with one attached hydrogen (secondary N) is 2. The Morgan fingerprint density at radius 1 is 1.12 bits per heavy atom. The van der Waals surface area contributed by atoms with Crippen LogP contribution in [0.4, 0.5) is 17.2 Å². The molecule has 2 aromatic carbocycles. The summed E-state index contributed by atoms with van der Waals surface area (Å²) in [5.74, 6) is 0.667. The Hall–Kier alpha value is -3.68. The smallest absolute Gasteiger partial charge is 0.146 e. The van der Waals surface area contributed by atoms with E-state index in [1.54, 1.807) is 0 Å². The van der Waals surface area contributed by atoms with E-state index >= 15 is 0 Å². The first kappa shape index (κ1) is 21.2. The Morgan fingerprint density at radius 2 is 1.88 bits per heavy atom. The molecule has 7 heteroatoms. The van der Waals surface area contributed by atoms with E-state index in [-0.39, 0.29) is 0 Å². The quantitative estimate of drug-likeness (QED) is 0.503. The average Bonchev–Trinajstić information content (AvgIpc) is 2.89. The maximum Gasteiger partial charge on any atom is 0.146 e. The van der Waals surface area contributed by atoms with Gasteiger partial charge in [-0.05, 0) is 53.2 Å². The van der Waals surface area contributed by atoms with Gasteiger partial charge in [-0.1, -0.05) is 24.3 Å². The van der Waals surface area contributed by atoms with Gasteiger partial charge in [0.2, 0.25) is 0 Å². The summed E-state index contributed by atoms with van der Waals surface area (Å²) in [5.41, 5.74) is 12.7. The number of ether oxygens (including phenoxy) is 1. The molecule has 0 radical (unpaired) electrons. The molecule has 33 heavy (non-hydrogen) atoms. The van der Waals surface area contributed by atoms with E-state index in [0.717, 1.165) is 66.1 Å². The van der Waals surface area contributed by atoms with Crippen molar-refractivity contribution in [1.29, 1.82) is 0 Å². The van der Waals surface area contributed by atoms with Gasteiger partial charge in [0.15, 0.2) is 0 Å². The van der Waals surface area contributed by atoms with Crippen LogP contribution in [-0.2, 0) is 16.1 Å². The van der Waals surface area contributed by atoms with Crippen LogP contribution in [0.15, 0.2) is 60.9 Å². The summed E-state index contributed by atoms with van der Waals surface area (Å²) < 4.78 is 5.44. The minimum atomic E-state index is -0.476. The van der Waals surface area contributed by atoms with E-state index in [2.05, 4.69) is 27.7 Å². The number of aromatic nitrogens is 1. The molecule has 3 heterocycles. The zero-order valence-corrected chi connectivity index (χ0v) is 18.3. The number of aldehydes is 1. The van der Waals surface area contributed by atoms with Crippen LogP contribution in [0.5, 0.6) is 0 Å². The van der Waals surface area contributed by atoms with Crippen molar-refractivity contribution in [3.05, 3.63) is 77.6 Å². The van der Waals surface area contributed by atoms with Crippen LogP contribution in [0.3, 0.4) is 0 Å². The number of pyridine rings is 1. The second-order valence-corrected chi connectivity index (χ2v) is 8.13. The maximum absolute atomic E-state index is 11.9. The molecule has 1 aromatic heterocycles. The van der Waals surface area contributed by atoms with Gasteiger partial charge in [-0.25, -0.2) is 4.98 Å². The molecule has 2 aliphatic heterocycles. The van der Waals surface area contributed by atoms with Crippen molar-refractivity contribution < 1.29 is 9.53 Å². The molecular formula is C26H27N5O2. The van der Waals surface area contributed by atoms with Crippen molar-refractivity contribution in [2.45, 2.75) is 12.6 Å². The van der Waals surface area contributed by atoms with Crippen LogP contribution in [0.2, 0.25) is 0 Å². The van der Waals surface area contributed by atoms with Crippen molar-refractivity contribution in [1.82, 2.24) is 10.3 Å². The van der Waals surface area contributed by atoms with Crippen molar-refractivity contribution in [2.24, 2.45) is 5.73 Å². The molecule has 0 bridgehead atoms. The van der Waals surface area contributed by atoms with Gasteiger partial charge in [0.25, 0.3) is 0 Å². The number of anilines is 3. The molecule has 7 nitrogen and oxygen atoms in total. The molecule has 3 aromatic rings. The van der Waals surface area contributed by atoms with Gasteiger partial charge in [-0.15, -0.1) is 0 Å². The topological polar surface area (TPSA) is 92.5 Å². The highest BCUT2D eigenvalue weighted by molar-refractivity contribution is 5.85. The molecule has 0 spiro atoms. The molecule has 4 N–H and O–H groups in total. The molecule has 168 valence electrons. The molecule has 1 atom stereocenters. The lowest BCUT2D eigenvalue weighted by Crippen LogP contribution is -2.36. The summed E-state index contributed by atoms with van der Waals surface area (Å²) in [4.78, 5) is 18.9. The van der Waals surface area contributed by atoms with Gasteiger partial charge in [0.1, 0.15) is 18.1 Å². The van der Waals surface area contributed by atoms with E-state index in [0.29, 0.717) is 12.4 Å². The van der Waals surface area contributed by atoms with Gasteiger partial charge in [0, 0.05) is 48.3 Å². The Bertz CT molecular complexity index is 1150. The normalized spacial score (nSPS) is 17.2. The zero-order chi connectivity index (χ0) is 22.6. The standard InChI is InChI=1S/C26H27N5O2/c27-15-18-1-3-19(4-2-18)23-16-29-26(25-22(23)9-10-28-24(25)17-32)30-20-5-7-21(8-6-20)31-11-13-33-14-12-31/h1-10,16-17,24,28H,11-15,27H2,(H,29,30). The number of nitrogens with two attached hydrogens (primary N) is 1. The van der Waals surface area contributed by atoms with Gasteiger partial charge in [-0.2, -0.15) is 0 Å². The molecule has 5 rings (SSSR count). The Balaban J connectivity index is 1.47. The number of rotatable bonds is 6. The highest BCUT2D eigenvalue weighted by Crippen LogP contribution is 2.37. The van der Waals surface area contributed by atoms with Crippen molar-refractivity contribution in [3.8, 4) is 11.1 Å². The summed E-state index contributed by atoms with van der Waals surface area (Å²) in [6.07, 6.45) is 6.59. The van der Waals surface area contributed by atoms with Crippen molar-refractivity contribution in [2.75, 3.05) is 36.5 Å². The number of nitrogens with zero attached hydrogens (tertiary/aromatic N) is 2. The SMILES string of the molecule is NCc1ccc(-c2cnc(Nc3ccc(N4CCOCC4)cc3)c3c2C=CNC3C=O)cc1. The molecule has 1 fully saturated rings. The Labute approximate surface area is 193 Å².